The number of hydrogen-bond donors (Lipinski definition) is 1. The maximum absolute atomic E-state index is 5.83. The van der Waals surface area contributed by atoms with E-state index in [1.807, 2.05) is 42.5 Å². The summed E-state index contributed by atoms with van der Waals surface area (Å²) in [5.41, 5.74) is 7.75. The van der Waals surface area contributed by atoms with Crippen LogP contribution in [0.1, 0.15) is 11.1 Å². The molecule has 0 heterocycles. The molecular formula is C14H13BrClNO. The van der Waals surface area contributed by atoms with Gasteiger partial charge >= 0.3 is 0 Å². The van der Waals surface area contributed by atoms with E-state index in [1.54, 1.807) is 0 Å². The van der Waals surface area contributed by atoms with Gasteiger partial charge in [0.1, 0.15) is 12.4 Å². The van der Waals surface area contributed by atoms with Crippen molar-refractivity contribution in [3.05, 3.63) is 63.1 Å². The molecule has 4 heteroatoms. The molecule has 0 unspecified atom stereocenters. The van der Waals surface area contributed by atoms with Crippen molar-refractivity contribution in [1.82, 2.24) is 0 Å². The van der Waals surface area contributed by atoms with E-state index in [-0.39, 0.29) is 0 Å². The minimum atomic E-state index is 0.485. The summed E-state index contributed by atoms with van der Waals surface area (Å²) >= 11 is 9.27. The summed E-state index contributed by atoms with van der Waals surface area (Å²) in [7, 11) is 0. The minimum absolute atomic E-state index is 0.485. The Balaban J connectivity index is 2.04. The third-order valence-corrected chi connectivity index (χ3v) is 3.58. The van der Waals surface area contributed by atoms with Crippen LogP contribution < -0.4 is 10.5 Å². The molecule has 18 heavy (non-hydrogen) atoms. The van der Waals surface area contributed by atoms with Gasteiger partial charge in [0.2, 0.25) is 0 Å². The van der Waals surface area contributed by atoms with Crippen LogP contribution in [0.3, 0.4) is 0 Å². The average Bonchev–Trinajstić information content (AvgIpc) is 2.39. The van der Waals surface area contributed by atoms with E-state index in [0.717, 1.165) is 26.4 Å². The monoisotopic (exact) mass is 325 g/mol. The molecule has 94 valence electrons. The Labute approximate surface area is 120 Å². The van der Waals surface area contributed by atoms with Crippen LogP contribution in [0.5, 0.6) is 5.75 Å². The van der Waals surface area contributed by atoms with Crippen LogP contribution >= 0.6 is 27.5 Å². The first kappa shape index (κ1) is 13.4. The van der Waals surface area contributed by atoms with E-state index in [4.69, 9.17) is 22.1 Å². The van der Waals surface area contributed by atoms with Gasteiger partial charge in [-0.25, -0.2) is 0 Å². The highest BCUT2D eigenvalue weighted by Crippen LogP contribution is 2.23. The maximum atomic E-state index is 5.83. The molecule has 0 saturated heterocycles. The predicted molar refractivity (Wildman–Crippen MR) is 77.8 cm³/mol. The van der Waals surface area contributed by atoms with Gasteiger partial charge in [-0.05, 0) is 41.5 Å². The van der Waals surface area contributed by atoms with Gasteiger partial charge in [0.25, 0.3) is 0 Å². The Morgan fingerprint density at radius 2 is 1.83 bits per heavy atom. The number of nitrogens with two attached hydrogens (primary N) is 1. The first-order valence-corrected chi connectivity index (χ1v) is 6.72. The van der Waals surface area contributed by atoms with Gasteiger partial charge in [0, 0.05) is 16.0 Å². The van der Waals surface area contributed by atoms with Crippen molar-refractivity contribution in [1.29, 1.82) is 0 Å². The zero-order chi connectivity index (χ0) is 13.0. The molecular weight excluding hydrogens is 314 g/mol. The molecule has 2 rings (SSSR count). The van der Waals surface area contributed by atoms with Crippen molar-refractivity contribution in [3.8, 4) is 5.75 Å². The fourth-order valence-electron chi connectivity index (χ4n) is 1.54. The van der Waals surface area contributed by atoms with Crippen molar-refractivity contribution >= 4 is 27.5 Å². The summed E-state index contributed by atoms with van der Waals surface area (Å²) in [6.07, 6.45) is 0. The molecule has 0 saturated carbocycles. The largest absolute Gasteiger partial charge is 0.489 e. The van der Waals surface area contributed by atoms with Crippen molar-refractivity contribution in [2.45, 2.75) is 13.2 Å². The van der Waals surface area contributed by atoms with Crippen LogP contribution in [-0.2, 0) is 13.2 Å². The molecule has 2 N–H and O–H groups in total. The van der Waals surface area contributed by atoms with Crippen molar-refractivity contribution in [2.75, 3.05) is 0 Å². The van der Waals surface area contributed by atoms with Crippen LogP contribution in [0.2, 0.25) is 5.02 Å². The van der Waals surface area contributed by atoms with Gasteiger partial charge in [-0.2, -0.15) is 0 Å². The summed E-state index contributed by atoms with van der Waals surface area (Å²) < 4.78 is 6.71. The van der Waals surface area contributed by atoms with E-state index in [0.29, 0.717) is 13.2 Å². The molecule has 0 bridgehead atoms. The molecule has 2 aromatic carbocycles. The second-order valence-corrected chi connectivity index (χ2v) is 5.16. The molecule has 0 aliphatic heterocycles. The Kier molecular flexibility index (Phi) is 4.64. The number of halogens is 2. The maximum Gasteiger partial charge on any atom is 0.120 e. The second-order valence-electron chi connectivity index (χ2n) is 3.87. The summed E-state index contributed by atoms with van der Waals surface area (Å²) in [5, 5.41) is 0.729. The van der Waals surface area contributed by atoms with E-state index in [2.05, 4.69) is 15.9 Å². The van der Waals surface area contributed by atoms with Gasteiger partial charge in [-0.3, -0.25) is 0 Å². The van der Waals surface area contributed by atoms with Crippen LogP contribution in [-0.4, -0.2) is 0 Å². The van der Waals surface area contributed by atoms with Crippen LogP contribution in [0, 0.1) is 0 Å². The van der Waals surface area contributed by atoms with Gasteiger partial charge in [0.05, 0.1) is 0 Å². The van der Waals surface area contributed by atoms with E-state index in [1.165, 1.54) is 0 Å². The number of benzene rings is 2. The molecule has 0 aliphatic rings. The topological polar surface area (TPSA) is 35.2 Å². The molecule has 2 nitrogen and oxygen atoms in total. The van der Waals surface area contributed by atoms with Crippen molar-refractivity contribution < 1.29 is 4.74 Å². The third kappa shape index (κ3) is 3.48. The van der Waals surface area contributed by atoms with Gasteiger partial charge in [0.15, 0.2) is 0 Å². The lowest BCUT2D eigenvalue weighted by Gasteiger charge is -2.09. The van der Waals surface area contributed by atoms with E-state index >= 15 is 0 Å². The normalized spacial score (nSPS) is 10.4. The Morgan fingerprint density at radius 1 is 1.11 bits per heavy atom. The molecule has 0 aromatic heterocycles. The first-order chi connectivity index (χ1) is 8.69. The fraction of sp³-hybridized carbons (Fsp3) is 0.143. The minimum Gasteiger partial charge on any atom is -0.489 e. The Bertz CT molecular complexity index is 528. The van der Waals surface area contributed by atoms with Crippen LogP contribution in [0.25, 0.3) is 0 Å². The fourth-order valence-corrected chi connectivity index (χ4v) is 2.08. The quantitative estimate of drug-likeness (QED) is 0.916. The predicted octanol–water partition coefficient (Wildman–Crippen LogP) is 4.14. The average molecular weight is 327 g/mol. The van der Waals surface area contributed by atoms with E-state index in [9.17, 15) is 0 Å². The lowest BCUT2D eigenvalue weighted by atomic mass is 10.2. The van der Waals surface area contributed by atoms with Crippen LogP contribution in [0.15, 0.2) is 46.9 Å². The molecule has 0 spiro atoms. The molecule has 0 atom stereocenters. The Morgan fingerprint density at radius 3 is 2.50 bits per heavy atom. The SMILES string of the molecule is NCc1cc(OCc2ccc(Cl)cc2)ccc1Br. The molecule has 0 fully saturated rings. The second kappa shape index (κ2) is 6.23. The lowest BCUT2D eigenvalue weighted by molar-refractivity contribution is 0.306. The number of rotatable bonds is 4. The highest BCUT2D eigenvalue weighted by molar-refractivity contribution is 9.10. The molecule has 0 radical (unpaired) electrons. The van der Waals surface area contributed by atoms with Gasteiger partial charge in [-0.15, -0.1) is 0 Å². The van der Waals surface area contributed by atoms with Gasteiger partial charge in [-0.1, -0.05) is 39.7 Å². The number of ether oxygens (including phenoxy) is 1. The van der Waals surface area contributed by atoms with Crippen LogP contribution in [0.4, 0.5) is 0 Å². The highest BCUT2D eigenvalue weighted by Gasteiger charge is 2.01. The summed E-state index contributed by atoms with van der Waals surface area (Å²) in [4.78, 5) is 0. The van der Waals surface area contributed by atoms with Crippen molar-refractivity contribution in [2.24, 2.45) is 5.73 Å². The van der Waals surface area contributed by atoms with E-state index < -0.39 is 0 Å². The van der Waals surface area contributed by atoms with Gasteiger partial charge < -0.3 is 10.5 Å². The standard InChI is InChI=1S/C14H13BrClNO/c15-14-6-5-13(7-11(14)8-17)18-9-10-1-3-12(16)4-2-10/h1-7H,8-9,17H2. The molecule has 2 aromatic rings. The summed E-state index contributed by atoms with van der Waals surface area (Å²) in [6, 6.07) is 13.4. The van der Waals surface area contributed by atoms with Crippen molar-refractivity contribution in [3.63, 3.8) is 0 Å². The summed E-state index contributed by atoms with van der Waals surface area (Å²) in [6.45, 7) is 1.00. The zero-order valence-corrected chi connectivity index (χ0v) is 12.0. The smallest absolute Gasteiger partial charge is 0.120 e. The lowest BCUT2D eigenvalue weighted by Crippen LogP contribution is -2.00. The number of hydrogen-bond acceptors (Lipinski definition) is 2. The Hall–Kier alpha value is -1.03. The third-order valence-electron chi connectivity index (χ3n) is 2.56. The molecule has 0 aliphatic carbocycles. The molecule has 0 amide bonds. The summed E-state index contributed by atoms with van der Waals surface area (Å²) in [5.74, 6) is 0.814. The highest BCUT2D eigenvalue weighted by atomic mass is 79.9. The zero-order valence-electron chi connectivity index (χ0n) is 9.70. The first-order valence-electron chi connectivity index (χ1n) is 5.55.